The molecule has 0 aromatic heterocycles. The van der Waals surface area contributed by atoms with E-state index in [9.17, 15) is 9.59 Å². The second kappa shape index (κ2) is 7.25. The SMILES string of the molecule is CNC1(CC(=O)N2CCC(CCC(=O)O)C2)CCCCC1. The minimum atomic E-state index is -0.740. The van der Waals surface area contributed by atoms with Crippen molar-refractivity contribution in [2.45, 2.75) is 63.3 Å². The monoisotopic (exact) mass is 296 g/mol. The van der Waals surface area contributed by atoms with Gasteiger partial charge < -0.3 is 15.3 Å². The standard InChI is InChI=1S/C16H28N2O3/c1-17-16(8-3-2-4-9-16)11-14(19)18-10-7-13(12-18)5-6-15(20)21/h13,17H,2-12H2,1H3,(H,20,21). The molecule has 1 saturated carbocycles. The number of hydrogen-bond donors (Lipinski definition) is 2. The number of hydrogen-bond acceptors (Lipinski definition) is 3. The highest BCUT2D eigenvalue weighted by atomic mass is 16.4. The molecule has 0 aromatic carbocycles. The van der Waals surface area contributed by atoms with Gasteiger partial charge in [-0.25, -0.2) is 0 Å². The summed E-state index contributed by atoms with van der Waals surface area (Å²) in [4.78, 5) is 25.1. The number of carbonyl (C=O) groups is 2. The summed E-state index contributed by atoms with van der Waals surface area (Å²) in [6.07, 6.45) is 8.31. The van der Waals surface area contributed by atoms with Crippen LogP contribution in [0.4, 0.5) is 0 Å². The van der Waals surface area contributed by atoms with E-state index in [0.717, 1.165) is 32.4 Å². The van der Waals surface area contributed by atoms with E-state index in [2.05, 4.69) is 5.32 Å². The lowest BCUT2D eigenvalue weighted by molar-refractivity contribution is -0.137. The molecule has 2 rings (SSSR count). The number of amides is 1. The summed E-state index contributed by atoms with van der Waals surface area (Å²) in [6, 6.07) is 0. The minimum Gasteiger partial charge on any atom is -0.481 e. The van der Waals surface area contributed by atoms with Crippen molar-refractivity contribution in [3.05, 3.63) is 0 Å². The lowest BCUT2D eigenvalue weighted by Gasteiger charge is -2.37. The van der Waals surface area contributed by atoms with E-state index in [-0.39, 0.29) is 17.9 Å². The molecule has 1 aliphatic heterocycles. The molecule has 5 nitrogen and oxygen atoms in total. The van der Waals surface area contributed by atoms with Crippen LogP contribution in [0.25, 0.3) is 0 Å². The van der Waals surface area contributed by atoms with Gasteiger partial charge in [-0.3, -0.25) is 9.59 Å². The first-order chi connectivity index (χ1) is 10.0. The van der Waals surface area contributed by atoms with Crippen LogP contribution in [-0.2, 0) is 9.59 Å². The Morgan fingerprint density at radius 1 is 1.29 bits per heavy atom. The fourth-order valence-corrected chi connectivity index (χ4v) is 3.77. The minimum absolute atomic E-state index is 0.00547. The Labute approximate surface area is 127 Å². The molecule has 1 unspecified atom stereocenters. The Bertz CT molecular complexity index is 378. The maximum absolute atomic E-state index is 12.5. The average molecular weight is 296 g/mol. The van der Waals surface area contributed by atoms with Crippen LogP contribution in [0.1, 0.15) is 57.8 Å². The van der Waals surface area contributed by atoms with Crippen LogP contribution in [0, 0.1) is 5.92 Å². The van der Waals surface area contributed by atoms with E-state index in [1.807, 2.05) is 11.9 Å². The number of carboxylic acids is 1. The van der Waals surface area contributed by atoms with Crippen molar-refractivity contribution in [3.63, 3.8) is 0 Å². The molecule has 1 atom stereocenters. The maximum atomic E-state index is 12.5. The van der Waals surface area contributed by atoms with E-state index in [1.165, 1.54) is 19.3 Å². The van der Waals surface area contributed by atoms with Crippen LogP contribution >= 0.6 is 0 Å². The van der Waals surface area contributed by atoms with Gasteiger partial charge in [0.1, 0.15) is 0 Å². The summed E-state index contributed by atoms with van der Waals surface area (Å²) in [5.74, 6) is -0.137. The van der Waals surface area contributed by atoms with Crippen molar-refractivity contribution in [1.29, 1.82) is 0 Å². The normalized spacial score (nSPS) is 25.0. The molecule has 1 saturated heterocycles. The number of nitrogens with one attached hydrogen (secondary N) is 1. The fraction of sp³-hybridized carbons (Fsp3) is 0.875. The second-order valence-corrected chi connectivity index (χ2v) is 6.69. The number of nitrogens with zero attached hydrogens (tertiary/aromatic N) is 1. The number of rotatable bonds is 6. The summed E-state index contributed by atoms with van der Waals surface area (Å²) in [7, 11) is 1.97. The van der Waals surface area contributed by atoms with E-state index >= 15 is 0 Å². The molecule has 1 aliphatic carbocycles. The zero-order valence-electron chi connectivity index (χ0n) is 13.1. The van der Waals surface area contributed by atoms with Crippen molar-refractivity contribution in [2.24, 2.45) is 5.92 Å². The lowest BCUT2D eigenvalue weighted by atomic mass is 9.79. The van der Waals surface area contributed by atoms with Gasteiger partial charge in [-0.2, -0.15) is 0 Å². The molecule has 5 heteroatoms. The van der Waals surface area contributed by atoms with Crippen LogP contribution in [0.5, 0.6) is 0 Å². The van der Waals surface area contributed by atoms with Crippen molar-refractivity contribution in [2.75, 3.05) is 20.1 Å². The van der Waals surface area contributed by atoms with E-state index in [1.54, 1.807) is 0 Å². The highest BCUT2D eigenvalue weighted by molar-refractivity contribution is 5.77. The van der Waals surface area contributed by atoms with Gasteiger partial charge in [-0.1, -0.05) is 19.3 Å². The molecule has 1 heterocycles. The maximum Gasteiger partial charge on any atom is 0.303 e. The van der Waals surface area contributed by atoms with Crippen LogP contribution in [-0.4, -0.2) is 47.6 Å². The van der Waals surface area contributed by atoms with Gasteiger partial charge in [0, 0.05) is 31.5 Å². The first-order valence-electron chi connectivity index (χ1n) is 8.23. The second-order valence-electron chi connectivity index (χ2n) is 6.69. The average Bonchev–Trinajstić information content (AvgIpc) is 2.95. The molecule has 120 valence electrons. The topological polar surface area (TPSA) is 69.6 Å². The molecule has 2 fully saturated rings. The van der Waals surface area contributed by atoms with Crippen LogP contribution in [0.2, 0.25) is 0 Å². The summed E-state index contributed by atoms with van der Waals surface area (Å²) in [5, 5.41) is 12.1. The van der Waals surface area contributed by atoms with Gasteiger partial charge in [-0.05, 0) is 38.6 Å². The zero-order valence-corrected chi connectivity index (χ0v) is 13.1. The summed E-state index contributed by atoms with van der Waals surface area (Å²) < 4.78 is 0. The third-order valence-corrected chi connectivity index (χ3v) is 5.24. The van der Waals surface area contributed by atoms with Crippen LogP contribution < -0.4 is 5.32 Å². The third-order valence-electron chi connectivity index (χ3n) is 5.24. The molecule has 2 aliphatic rings. The third kappa shape index (κ3) is 4.43. The van der Waals surface area contributed by atoms with E-state index < -0.39 is 5.97 Å². The van der Waals surface area contributed by atoms with Crippen molar-refractivity contribution >= 4 is 11.9 Å². The highest BCUT2D eigenvalue weighted by Gasteiger charge is 2.35. The Hall–Kier alpha value is -1.10. The molecule has 0 aromatic rings. The van der Waals surface area contributed by atoms with Gasteiger partial charge in [0.05, 0.1) is 0 Å². The molecule has 0 bridgehead atoms. The van der Waals surface area contributed by atoms with Gasteiger partial charge in [-0.15, -0.1) is 0 Å². The summed E-state index contributed by atoms with van der Waals surface area (Å²) in [6.45, 7) is 1.54. The Morgan fingerprint density at radius 2 is 2.00 bits per heavy atom. The first kappa shape index (κ1) is 16.3. The number of carbonyl (C=O) groups excluding carboxylic acids is 1. The number of aliphatic carboxylic acids is 1. The highest BCUT2D eigenvalue weighted by Crippen LogP contribution is 2.32. The lowest BCUT2D eigenvalue weighted by Crippen LogP contribution is -2.48. The molecular weight excluding hydrogens is 268 g/mol. The van der Waals surface area contributed by atoms with Crippen molar-refractivity contribution in [3.8, 4) is 0 Å². The van der Waals surface area contributed by atoms with Crippen molar-refractivity contribution < 1.29 is 14.7 Å². The van der Waals surface area contributed by atoms with Gasteiger partial charge in [0.2, 0.25) is 5.91 Å². The number of carboxylic acid groups (broad SMARTS) is 1. The fourth-order valence-electron chi connectivity index (χ4n) is 3.77. The first-order valence-corrected chi connectivity index (χ1v) is 8.23. The Morgan fingerprint density at radius 3 is 2.62 bits per heavy atom. The molecule has 0 radical (unpaired) electrons. The smallest absolute Gasteiger partial charge is 0.303 e. The van der Waals surface area contributed by atoms with Gasteiger partial charge >= 0.3 is 5.97 Å². The molecular formula is C16H28N2O3. The van der Waals surface area contributed by atoms with Crippen LogP contribution in [0.3, 0.4) is 0 Å². The quantitative estimate of drug-likeness (QED) is 0.786. The van der Waals surface area contributed by atoms with Gasteiger partial charge in [0.15, 0.2) is 0 Å². The Kier molecular flexibility index (Phi) is 5.62. The summed E-state index contributed by atoms with van der Waals surface area (Å²) in [5.41, 5.74) is -0.00547. The Balaban J connectivity index is 1.82. The van der Waals surface area contributed by atoms with E-state index in [0.29, 0.717) is 18.8 Å². The van der Waals surface area contributed by atoms with Gasteiger partial charge in [0.25, 0.3) is 0 Å². The molecule has 0 spiro atoms. The van der Waals surface area contributed by atoms with E-state index in [4.69, 9.17) is 5.11 Å². The zero-order chi connectivity index (χ0) is 15.3. The number of likely N-dealkylation sites (tertiary alicyclic amines) is 1. The predicted octanol–water partition coefficient (Wildman–Crippen LogP) is 2.01. The largest absolute Gasteiger partial charge is 0.481 e. The summed E-state index contributed by atoms with van der Waals surface area (Å²) >= 11 is 0. The molecule has 2 N–H and O–H groups in total. The van der Waals surface area contributed by atoms with Crippen molar-refractivity contribution in [1.82, 2.24) is 10.2 Å². The molecule has 21 heavy (non-hydrogen) atoms. The molecule has 1 amide bonds. The van der Waals surface area contributed by atoms with Crippen LogP contribution in [0.15, 0.2) is 0 Å². The predicted molar refractivity (Wildman–Crippen MR) is 81.0 cm³/mol.